The summed E-state index contributed by atoms with van der Waals surface area (Å²) in [6.07, 6.45) is 76.8. The Balaban J connectivity index is 4.56. The van der Waals surface area contributed by atoms with Crippen LogP contribution in [0.4, 0.5) is 0 Å². The van der Waals surface area contributed by atoms with Crippen LogP contribution in [0.5, 0.6) is 0 Å². The molecule has 6 nitrogen and oxygen atoms in total. The van der Waals surface area contributed by atoms with E-state index in [0.29, 0.717) is 19.3 Å². The standard InChI is InChI=1S/C61H94O6/c1-4-7-10-13-16-19-22-25-27-29-30-32-33-36-39-42-45-48-51-54-60(63)66-57-58(56-65-59(62)53-50-47-44-41-38-35-24-21-18-15-12-9-6-3)67-61(64)55-52-49-46-43-40-37-34-31-28-26-23-20-17-14-11-8-5-2/h7,9-10,12-13,15-22,24-30,32-33,36,39,58H,4-6,8,11,14,23,31,34-35,37-38,40-57H2,1-3H3/b10-7-,12-9-,16-13-,18-15-,20-17-,22-19-,24-21-,27-25-,28-26-,30-29+,33-32-,39-36-. The van der Waals surface area contributed by atoms with Crippen LogP contribution >= 0.6 is 0 Å². The van der Waals surface area contributed by atoms with Crippen LogP contribution in [-0.4, -0.2) is 37.2 Å². The van der Waals surface area contributed by atoms with Crippen LogP contribution in [0.15, 0.2) is 146 Å². The van der Waals surface area contributed by atoms with Gasteiger partial charge < -0.3 is 14.2 Å². The molecular formula is C61H94O6. The van der Waals surface area contributed by atoms with Crippen molar-refractivity contribution in [3.8, 4) is 0 Å². The summed E-state index contributed by atoms with van der Waals surface area (Å²) in [5, 5.41) is 0. The van der Waals surface area contributed by atoms with Crippen LogP contribution in [0.1, 0.15) is 201 Å². The van der Waals surface area contributed by atoms with Crippen LogP contribution in [0.25, 0.3) is 0 Å². The van der Waals surface area contributed by atoms with Gasteiger partial charge in [0.05, 0.1) is 0 Å². The molecule has 0 saturated heterocycles. The highest BCUT2D eigenvalue weighted by Crippen LogP contribution is 2.13. The highest BCUT2D eigenvalue weighted by molar-refractivity contribution is 5.71. The van der Waals surface area contributed by atoms with Crippen molar-refractivity contribution in [2.45, 2.75) is 207 Å². The van der Waals surface area contributed by atoms with Crippen molar-refractivity contribution >= 4 is 17.9 Å². The van der Waals surface area contributed by atoms with E-state index in [1.165, 1.54) is 51.4 Å². The zero-order valence-corrected chi connectivity index (χ0v) is 42.6. The number of unbranched alkanes of at least 4 members (excludes halogenated alkanes) is 18. The lowest BCUT2D eigenvalue weighted by Gasteiger charge is -2.18. The first-order valence-electron chi connectivity index (χ1n) is 26.5. The van der Waals surface area contributed by atoms with Gasteiger partial charge in [-0.3, -0.25) is 14.4 Å². The Morgan fingerprint density at radius 3 is 1.04 bits per heavy atom. The normalized spacial score (nSPS) is 13.3. The maximum Gasteiger partial charge on any atom is 0.306 e. The molecule has 0 aliphatic rings. The van der Waals surface area contributed by atoms with Crippen molar-refractivity contribution in [3.63, 3.8) is 0 Å². The van der Waals surface area contributed by atoms with E-state index in [1.807, 2.05) is 79.0 Å². The monoisotopic (exact) mass is 923 g/mol. The van der Waals surface area contributed by atoms with Crippen molar-refractivity contribution in [1.82, 2.24) is 0 Å². The van der Waals surface area contributed by atoms with E-state index in [1.54, 1.807) is 0 Å². The Morgan fingerprint density at radius 2 is 0.642 bits per heavy atom. The minimum Gasteiger partial charge on any atom is -0.462 e. The summed E-state index contributed by atoms with van der Waals surface area (Å²) in [6, 6.07) is 0. The second kappa shape index (κ2) is 53.9. The van der Waals surface area contributed by atoms with Crippen LogP contribution < -0.4 is 0 Å². The molecule has 0 aromatic heterocycles. The molecule has 0 N–H and O–H groups in total. The molecule has 0 amide bonds. The van der Waals surface area contributed by atoms with Crippen LogP contribution in [0.3, 0.4) is 0 Å². The van der Waals surface area contributed by atoms with Gasteiger partial charge in [-0.2, -0.15) is 0 Å². The maximum atomic E-state index is 12.8. The Morgan fingerprint density at radius 1 is 0.328 bits per heavy atom. The molecule has 0 spiro atoms. The molecule has 6 heteroatoms. The van der Waals surface area contributed by atoms with Gasteiger partial charge in [-0.25, -0.2) is 0 Å². The summed E-state index contributed by atoms with van der Waals surface area (Å²) in [5.74, 6) is -0.996. The number of ether oxygens (including phenoxy) is 3. The third kappa shape index (κ3) is 52.1. The van der Waals surface area contributed by atoms with E-state index in [4.69, 9.17) is 14.2 Å². The molecule has 374 valence electrons. The zero-order chi connectivity index (χ0) is 48.6. The second-order valence-electron chi connectivity index (χ2n) is 16.9. The Labute approximate surface area is 410 Å². The molecule has 0 saturated carbocycles. The molecule has 0 aliphatic carbocycles. The minimum atomic E-state index is -0.817. The Kier molecular flexibility index (Phi) is 50.1. The summed E-state index contributed by atoms with van der Waals surface area (Å²) in [5.41, 5.74) is 0. The topological polar surface area (TPSA) is 78.9 Å². The fourth-order valence-electron chi connectivity index (χ4n) is 6.63. The first-order chi connectivity index (χ1) is 33.0. The molecule has 0 aromatic carbocycles. The minimum absolute atomic E-state index is 0.113. The summed E-state index contributed by atoms with van der Waals surface area (Å²) < 4.78 is 16.8. The van der Waals surface area contributed by atoms with Crippen LogP contribution in [-0.2, 0) is 28.6 Å². The molecule has 0 aromatic rings. The number of hydrogen-bond donors (Lipinski definition) is 0. The van der Waals surface area contributed by atoms with Crippen molar-refractivity contribution < 1.29 is 28.6 Å². The molecule has 0 radical (unpaired) electrons. The van der Waals surface area contributed by atoms with Gasteiger partial charge in [0.15, 0.2) is 6.10 Å². The van der Waals surface area contributed by atoms with Crippen molar-refractivity contribution in [3.05, 3.63) is 146 Å². The lowest BCUT2D eigenvalue weighted by atomic mass is 10.1. The first kappa shape index (κ1) is 62.3. The summed E-state index contributed by atoms with van der Waals surface area (Å²) in [4.78, 5) is 38.0. The van der Waals surface area contributed by atoms with Crippen molar-refractivity contribution in [2.75, 3.05) is 13.2 Å². The Hall–Kier alpha value is -4.71. The Bertz CT molecular complexity index is 1530. The van der Waals surface area contributed by atoms with Crippen molar-refractivity contribution in [1.29, 1.82) is 0 Å². The smallest absolute Gasteiger partial charge is 0.306 e. The van der Waals surface area contributed by atoms with E-state index in [-0.39, 0.29) is 31.1 Å². The van der Waals surface area contributed by atoms with Crippen LogP contribution in [0, 0.1) is 0 Å². The quantitative estimate of drug-likeness (QED) is 0.0199. The first-order valence-corrected chi connectivity index (χ1v) is 26.5. The van der Waals surface area contributed by atoms with Gasteiger partial charge in [0, 0.05) is 19.3 Å². The van der Waals surface area contributed by atoms with E-state index in [2.05, 4.69) is 87.6 Å². The van der Waals surface area contributed by atoms with Gasteiger partial charge in [-0.15, -0.1) is 0 Å². The van der Waals surface area contributed by atoms with Gasteiger partial charge in [0.2, 0.25) is 0 Å². The molecule has 0 aliphatic heterocycles. The fourth-order valence-corrected chi connectivity index (χ4v) is 6.63. The van der Waals surface area contributed by atoms with Crippen LogP contribution in [0.2, 0.25) is 0 Å². The highest BCUT2D eigenvalue weighted by atomic mass is 16.6. The molecule has 1 atom stereocenters. The van der Waals surface area contributed by atoms with E-state index in [0.717, 1.165) is 109 Å². The lowest BCUT2D eigenvalue weighted by molar-refractivity contribution is -0.167. The molecule has 0 heterocycles. The average Bonchev–Trinajstić information content (AvgIpc) is 3.33. The molecule has 0 bridgehead atoms. The van der Waals surface area contributed by atoms with Gasteiger partial charge in [-0.1, -0.05) is 237 Å². The molecule has 0 rings (SSSR count). The summed E-state index contributed by atoms with van der Waals surface area (Å²) >= 11 is 0. The second-order valence-corrected chi connectivity index (χ2v) is 16.9. The molecular weight excluding hydrogens is 829 g/mol. The zero-order valence-electron chi connectivity index (χ0n) is 42.6. The SMILES string of the molecule is CC\C=C/C=C\C=C/C=C\C=C\C=C/C=C\CCCCCC(=O)OCC(COC(=O)CCCCCCC\C=C/C=C\C=C/CC)OC(=O)CCCCCCCCC/C=C\C/C=C\CCCCC. The van der Waals surface area contributed by atoms with Gasteiger partial charge in [0.25, 0.3) is 0 Å². The number of rotatable bonds is 45. The van der Waals surface area contributed by atoms with E-state index < -0.39 is 6.10 Å². The predicted molar refractivity (Wildman–Crippen MR) is 288 cm³/mol. The van der Waals surface area contributed by atoms with Gasteiger partial charge in [-0.05, 0) is 89.9 Å². The summed E-state index contributed by atoms with van der Waals surface area (Å²) in [6.45, 7) is 6.25. The molecule has 0 fully saturated rings. The van der Waals surface area contributed by atoms with Gasteiger partial charge >= 0.3 is 17.9 Å². The fraction of sp³-hybridized carbons (Fsp3) is 0.557. The van der Waals surface area contributed by atoms with E-state index >= 15 is 0 Å². The number of carbonyl (C=O) groups is 3. The number of carbonyl (C=O) groups excluding carboxylic acids is 3. The predicted octanol–water partition coefficient (Wildman–Crippen LogP) is 17.6. The highest BCUT2D eigenvalue weighted by Gasteiger charge is 2.19. The third-order valence-electron chi connectivity index (χ3n) is 10.6. The number of esters is 3. The third-order valence-corrected chi connectivity index (χ3v) is 10.6. The van der Waals surface area contributed by atoms with Gasteiger partial charge in [0.1, 0.15) is 13.2 Å². The lowest BCUT2D eigenvalue weighted by Crippen LogP contribution is -2.30. The van der Waals surface area contributed by atoms with E-state index in [9.17, 15) is 14.4 Å². The maximum absolute atomic E-state index is 12.8. The number of hydrogen-bond acceptors (Lipinski definition) is 6. The number of allylic oxidation sites excluding steroid dienone is 24. The largest absolute Gasteiger partial charge is 0.462 e. The average molecular weight is 923 g/mol. The summed E-state index contributed by atoms with van der Waals surface area (Å²) in [7, 11) is 0. The van der Waals surface area contributed by atoms with Crippen molar-refractivity contribution in [2.24, 2.45) is 0 Å². The molecule has 1 unspecified atom stereocenters. The molecule has 67 heavy (non-hydrogen) atoms.